The largest absolute Gasteiger partial charge is 0.327 e. The molecule has 6 nitrogen and oxygen atoms in total. The van der Waals surface area contributed by atoms with E-state index < -0.39 is 0 Å². The Bertz CT molecular complexity index is 720. The highest BCUT2D eigenvalue weighted by atomic mass is 32.1. The number of carbonyl (C=O) groups is 1. The number of amides is 1. The first-order chi connectivity index (χ1) is 12.2. The Kier molecular flexibility index (Phi) is 4.60. The number of thiazole rings is 1. The predicted octanol–water partition coefficient (Wildman–Crippen LogP) is 2.60. The maximum Gasteiger partial charge on any atom is 0.275 e. The lowest BCUT2D eigenvalue weighted by Gasteiger charge is -2.28. The Labute approximate surface area is 152 Å². The molecule has 1 aliphatic heterocycles. The average Bonchev–Trinajstić information content (AvgIpc) is 3.04. The van der Waals surface area contributed by atoms with Crippen LogP contribution in [0.25, 0.3) is 0 Å². The van der Waals surface area contributed by atoms with E-state index in [2.05, 4.69) is 27.4 Å². The van der Waals surface area contributed by atoms with Crippen molar-refractivity contribution < 1.29 is 4.79 Å². The van der Waals surface area contributed by atoms with Gasteiger partial charge in [0.25, 0.3) is 5.91 Å². The van der Waals surface area contributed by atoms with Crippen LogP contribution in [-0.2, 0) is 13.0 Å². The summed E-state index contributed by atoms with van der Waals surface area (Å²) in [5, 5.41) is 13.7. The van der Waals surface area contributed by atoms with Crippen molar-refractivity contribution in [1.29, 1.82) is 0 Å². The Balaban J connectivity index is 1.55. The molecule has 1 spiro atoms. The zero-order valence-corrected chi connectivity index (χ0v) is 15.4. The summed E-state index contributed by atoms with van der Waals surface area (Å²) < 4.78 is 0. The van der Waals surface area contributed by atoms with Gasteiger partial charge in [-0.15, -0.1) is 11.3 Å². The monoisotopic (exact) mass is 359 g/mol. The van der Waals surface area contributed by atoms with Gasteiger partial charge < -0.3 is 10.2 Å². The molecule has 7 heteroatoms. The Hall–Kier alpha value is -1.73. The van der Waals surface area contributed by atoms with E-state index in [4.69, 9.17) is 0 Å². The summed E-state index contributed by atoms with van der Waals surface area (Å²) in [5.74, 6) is 0.0363. The standard InChI is InChI=1S/C18H25N5OS/c1-2-3-13-10-14(22-21-13)17(24)23(12-16-20-8-9-25-16)15-11-18(15)4-6-19-7-5-18/h8-10,15,19H,2-7,11-12H2,1H3,(H,21,22). The van der Waals surface area contributed by atoms with E-state index >= 15 is 0 Å². The lowest BCUT2D eigenvalue weighted by molar-refractivity contribution is 0.0686. The summed E-state index contributed by atoms with van der Waals surface area (Å²) in [7, 11) is 0. The molecule has 3 heterocycles. The zero-order chi connectivity index (χ0) is 17.3. The van der Waals surface area contributed by atoms with Gasteiger partial charge in [0.1, 0.15) is 10.7 Å². The van der Waals surface area contributed by atoms with E-state index in [-0.39, 0.29) is 5.91 Å². The van der Waals surface area contributed by atoms with E-state index in [1.807, 2.05) is 22.5 Å². The molecule has 2 aliphatic rings. The van der Waals surface area contributed by atoms with Gasteiger partial charge in [-0.2, -0.15) is 5.10 Å². The molecule has 0 radical (unpaired) electrons. The number of hydrogen-bond donors (Lipinski definition) is 2. The SMILES string of the molecule is CCCc1cc(C(=O)N(Cc2nccs2)C2CC23CCNCC3)n[nH]1. The summed E-state index contributed by atoms with van der Waals surface area (Å²) in [5.41, 5.74) is 1.88. The number of nitrogens with zero attached hydrogens (tertiary/aromatic N) is 3. The van der Waals surface area contributed by atoms with Crippen LogP contribution in [0.2, 0.25) is 0 Å². The smallest absolute Gasteiger partial charge is 0.275 e. The van der Waals surface area contributed by atoms with Gasteiger partial charge in [0.05, 0.1) is 6.54 Å². The summed E-state index contributed by atoms with van der Waals surface area (Å²) in [4.78, 5) is 19.6. The number of aromatic nitrogens is 3. The average molecular weight is 359 g/mol. The molecule has 2 N–H and O–H groups in total. The summed E-state index contributed by atoms with van der Waals surface area (Å²) in [6.07, 6.45) is 7.19. The van der Waals surface area contributed by atoms with Crippen LogP contribution < -0.4 is 5.32 Å². The molecule has 134 valence electrons. The van der Waals surface area contributed by atoms with Crippen LogP contribution in [0, 0.1) is 5.41 Å². The normalized spacial score (nSPS) is 21.4. The van der Waals surface area contributed by atoms with E-state index in [9.17, 15) is 4.79 Å². The first-order valence-electron chi connectivity index (χ1n) is 9.16. The lowest BCUT2D eigenvalue weighted by Crippen LogP contribution is -2.39. The third-order valence-electron chi connectivity index (χ3n) is 5.54. The van der Waals surface area contributed by atoms with Crippen LogP contribution in [0.15, 0.2) is 17.6 Å². The van der Waals surface area contributed by atoms with Gasteiger partial charge in [-0.1, -0.05) is 13.3 Å². The molecule has 1 amide bonds. The fourth-order valence-electron chi connectivity index (χ4n) is 4.04. The molecule has 1 saturated heterocycles. The Morgan fingerprint density at radius 1 is 1.44 bits per heavy atom. The van der Waals surface area contributed by atoms with Crippen molar-refractivity contribution in [3.8, 4) is 0 Å². The highest BCUT2D eigenvalue weighted by molar-refractivity contribution is 7.09. The zero-order valence-electron chi connectivity index (χ0n) is 14.6. The maximum atomic E-state index is 13.2. The van der Waals surface area contributed by atoms with E-state index in [1.165, 1.54) is 0 Å². The molecule has 1 saturated carbocycles. The topological polar surface area (TPSA) is 73.9 Å². The number of carbonyl (C=O) groups excluding carboxylic acids is 1. The quantitative estimate of drug-likeness (QED) is 0.831. The maximum absolute atomic E-state index is 13.2. The minimum absolute atomic E-state index is 0.0363. The second kappa shape index (κ2) is 6.88. The third-order valence-corrected chi connectivity index (χ3v) is 6.31. The molecule has 0 aromatic carbocycles. The minimum Gasteiger partial charge on any atom is -0.327 e. The molecular weight excluding hydrogens is 334 g/mol. The second-order valence-corrected chi connectivity index (χ2v) is 8.20. The molecule has 0 bridgehead atoms. The van der Waals surface area contributed by atoms with Gasteiger partial charge in [-0.05, 0) is 50.3 Å². The predicted molar refractivity (Wildman–Crippen MR) is 97.5 cm³/mol. The first kappa shape index (κ1) is 16.7. The lowest BCUT2D eigenvalue weighted by atomic mass is 9.93. The van der Waals surface area contributed by atoms with E-state index in [1.54, 1.807) is 11.3 Å². The molecule has 1 atom stereocenters. The molecule has 25 heavy (non-hydrogen) atoms. The van der Waals surface area contributed by atoms with Gasteiger partial charge in [0.15, 0.2) is 0 Å². The molecule has 2 fully saturated rings. The summed E-state index contributed by atoms with van der Waals surface area (Å²) >= 11 is 1.61. The van der Waals surface area contributed by atoms with E-state index in [0.717, 1.165) is 55.9 Å². The molecule has 1 unspecified atom stereocenters. The van der Waals surface area contributed by atoms with Gasteiger partial charge in [0, 0.05) is 23.3 Å². The van der Waals surface area contributed by atoms with Gasteiger partial charge in [-0.25, -0.2) is 4.98 Å². The number of hydrogen-bond acceptors (Lipinski definition) is 5. The second-order valence-electron chi connectivity index (χ2n) is 7.22. The molecular formula is C18H25N5OS. The molecule has 1 aliphatic carbocycles. The number of H-pyrrole nitrogens is 1. The summed E-state index contributed by atoms with van der Waals surface area (Å²) in [6, 6.07) is 2.23. The number of piperidine rings is 1. The Morgan fingerprint density at radius 3 is 3.00 bits per heavy atom. The van der Waals surface area contributed by atoms with Crippen molar-refractivity contribution in [1.82, 2.24) is 25.4 Å². The fraction of sp³-hybridized carbons (Fsp3) is 0.611. The fourth-order valence-corrected chi connectivity index (χ4v) is 4.66. The van der Waals surface area contributed by atoms with Crippen molar-refractivity contribution in [2.45, 2.75) is 51.6 Å². The van der Waals surface area contributed by atoms with Crippen molar-refractivity contribution in [3.05, 3.63) is 34.0 Å². The van der Waals surface area contributed by atoms with Crippen LogP contribution in [-0.4, -0.2) is 45.1 Å². The highest BCUT2D eigenvalue weighted by Crippen LogP contribution is 2.56. The van der Waals surface area contributed by atoms with Crippen LogP contribution in [0.1, 0.15) is 53.8 Å². The van der Waals surface area contributed by atoms with E-state index in [0.29, 0.717) is 23.7 Å². The highest BCUT2D eigenvalue weighted by Gasteiger charge is 2.58. The van der Waals surface area contributed by atoms with Crippen LogP contribution in [0.4, 0.5) is 0 Å². The van der Waals surface area contributed by atoms with Crippen molar-refractivity contribution in [3.63, 3.8) is 0 Å². The van der Waals surface area contributed by atoms with Crippen LogP contribution >= 0.6 is 11.3 Å². The van der Waals surface area contributed by atoms with Gasteiger partial charge in [-0.3, -0.25) is 9.89 Å². The number of rotatable bonds is 6. The van der Waals surface area contributed by atoms with Crippen molar-refractivity contribution in [2.75, 3.05) is 13.1 Å². The minimum atomic E-state index is 0.0363. The first-order valence-corrected chi connectivity index (χ1v) is 10.0. The van der Waals surface area contributed by atoms with Crippen molar-refractivity contribution >= 4 is 17.2 Å². The van der Waals surface area contributed by atoms with Crippen molar-refractivity contribution in [2.24, 2.45) is 5.41 Å². The third kappa shape index (κ3) is 3.35. The number of aromatic amines is 1. The molecule has 2 aromatic rings. The van der Waals surface area contributed by atoms with Gasteiger partial charge in [0.2, 0.25) is 0 Å². The van der Waals surface area contributed by atoms with Crippen LogP contribution in [0.3, 0.4) is 0 Å². The van der Waals surface area contributed by atoms with Crippen LogP contribution in [0.5, 0.6) is 0 Å². The molecule has 4 rings (SSSR count). The number of aryl methyl sites for hydroxylation is 1. The Morgan fingerprint density at radius 2 is 2.28 bits per heavy atom. The van der Waals surface area contributed by atoms with Gasteiger partial charge >= 0.3 is 0 Å². The molecule has 2 aromatic heterocycles. The summed E-state index contributed by atoms with van der Waals surface area (Å²) in [6.45, 7) is 4.83. The number of nitrogens with one attached hydrogen (secondary N) is 2.